The number of aromatic amines is 2. The number of hydrogen-bond donors (Lipinski definition) is 9. The fraction of sp³-hybridized carbons (Fsp3) is 0.106. The molecule has 1 unspecified atom stereocenters. The number of aliphatic hydroxyl groups excluding tert-OH is 4. The molecule has 0 aliphatic carbocycles. The molecule has 5 heterocycles. The van der Waals surface area contributed by atoms with Gasteiger partial charge in [0.1, 0.15) is 42.2 Å². The minimum absolute atomic E-state index is 0.0357. The lowest BCUT2D eigenvalue weighted by molar-refractivity contribution is 0.0259. The largest absolute Gasteiger partial charge is 0.508 e. The summed E-state index contributed by atoms with van der Waals surface area (Å²) in [5.74, 6) is -9.86. The van der Waals surface area contributed by atoms with E-state index in [9.17, 15) is 35.7 Å². The Hall–Kier alpha value is -7.50. The second-order valence-corrected chi connectivity index (χ2v) is 14.8. The van der Waals surface area contributed by atoms with Crippen molar-refractivity contribution in [2.24, 2.45) is 0 Å². The van der Waals surface area contributed by atoms with E-state index >= 15 is 17.6 Å². The summed E-state index contributed by atoms with van der Waals surface area (Å²) in [5.41, 5.74) is 0.599. The Morgan fingerprint density at radius 3 is 1.40 bits per heavy atom. The summed E-state index contributed by atoms with van der Waals surface area (Å²) in [7, 11) is 0. The molecule has 4 aromatic carbocycles. The van der Waals surface area contributed by atoms with Crippen LogP contribution >= 0.6 is 0 Å². The van der Waals surface area contributed by atoms with Gasteiger partial charge in [-0.15, -0.1) is 0 Å². The molecule has 12 nitrogen and oxygen atoms in total. The van der Waals surface area contributed by atoms with Crippen LogP contribution in [-0.4, -0.2) is 75.0 Å². The molecule has 63 heavy (non-hydrogen) atoms. The van der Waals surface area contributed by atoms with Gasteiger partial charge in [-0.05, 0) is 89.5 Å². The van der Waals surface area contributed by atoms with Crippen molar-refractivity contribution in [1.82, 2.24) is 19.9 Å². The van der Waals surface area contributed by atoms with E-state index in [1.165, 1.54) is 48.5 Å². The maximum atomic E-state index is 16.5. The Morgan fingerprint density at radius 1 is 0.540 bits per heavy atom. The van der Waals surface area contributed by atoms with Gasteiger partial charge in [-0.3, -0.25) is 4.98 Å². The molecule has 0 fully saturated rings. The summed E-state index contributed by atoms with van der Waals surface area (Å²) in [6.45, 7) is -1.81. The summed E-state index contributed by atoms with van der Waals surface area (Å²) in [5, 5.41) is 74.5. The van der Waals surface area contributed by atoms with Crippen LogP contribution in [0.25, 0.3) is 78.7 Å². The van der Waals surface area contributed by atoms with Crippen LogP contribution < -0.4 is 4.74 Å². The Balaban J connectivity index is 1.49. The molecular weight excluding hydrogens is 825 g/mol. The highest BCUT2D eigenvalue weighted by Crippen LogP contribution is 2.47. The third-order valence-electron chi connectivity index (χ3n) is 10.7. The van der Waals surface area contributed by atoms with E-state index in [0.29, 0.717) is 39.2 Å². The van der Waals surface area contributed by atoms with Crippen molar-refractivity contribution in [2.75, 3.05) is 13.2 Å². The molecule has 9 rings (SSSR count). The number of fused-ring (bicyclic) bond motifs is 8. The number of aromatic nitrogens is 4. The number of phenols is 3. The van der Waals surface area contributed by atoms with Crippen molar-refractivity contribution >= 4 is 34.2 Å². The van der Waals surface area contributed by atoms with Crippen LogP contribution in [0.3, 0.4) is 0 Å². The highest BCUT2D eigenvalue weighted by molar-refractivity contribution is 5.97. The van der Waals surface area contributed by atoms with Crippen molar-refractivity contribution in [3.8, 4) is 67.5 Å². The minimum Gasteiger partial charge on any atom is -0.508 e. The van der Waals surface area contributed by atoms with E-state index in [1.54, 1.807) is 60.7 Å². The lowest BCUT2D eigenvalue weighted by atomic mass is 9.96. The maximum Gasteiger partial charge on any atom is 0.204 e. The van der Waals surface area contributed by atoms with Gasteiger partial charge in [0.2, 0.25) is 11.6 Å². The van der Waals surface area contributed by atoms with Gasteiger partial charge >= 0.3 is 0 Å². The Bertz CT molecular complexity index is 3160. The fourth-order valence-electron chi connectivity index (χ4n) is 7.88. The molecule has 0 saturated carbocycles. The number of halogens is 4. The van der Waals surface area contributed by atoms with E-state index < -0.39 is 77.4 Å². The monoisotopic (exact) mass is 858 g/mol. The highest BCUT2D eigenvalue weighted by Gasteiger charge is 2.38. The molecule has 3 aromatic heterocycles. The van der Waals surface area contributed by atoms with Gasteiger partial charge in [-0.2, -0.15) is 8.78 Å². The normalized spacial score (nSPS) is 15.2. The average Bonchev–Trinajstić information content (AvgIpc) is 4.10. The van der Waals surface area contributed by atoms with Crippen LogP contribution in [0.2, 0.25) is 0 Å². The molecule has 0 amide bonds. The van der Waals surface area contributed by atoms with Gasteiger partial charge in [-0.1, -0.05) is 36.4 Å². The number of rotatable bonds is 8. The lowest BCUT2D eigenvalue weighted by Gasteiger charge is -2.16. The number of H-pyrrole nitrogens is 2. The van der Waals surface area contributed by atoms with Crippen molar-refractivity contribution in [3.05, 3.63) is 143 Å². The second-order valence-electron chi connectivity index (χ2n) is 14.8. The van der Waals surface area contributed by atoms with E-state index in [1.807, 2.05) is 0 Å². The van der Waals surface area contributed by atoms with Crippen LogP contribution in [0.5, 0.6) is 23.0 Å². The van der Waals surface area contributed by atoms with Gasteiger partial charge in [0.15, 0.2) is 17.4 Å². The molecule has 3 atom stereocenters. The zero-order chi connectivity index (χ0) is 44.3. The Labute approximate surface area is 353 Å². The van der Waals surface area contributed by atoms with Gasteiger partial charge < -0.3 is 50.5 Å². The summed E-state index contributed by atoms with van der Waals surface area (Å²) in [6.07, 6.45) is -2.29. The van der Waals surface area contributed by atoms with Crippen LogP contribution in [0.1, 0.15) is 35.0 Å². The van der Waals surface area contributed by atoms with E-state index in [-0.39, 0.29) is 50.6 Å². The van der Waals surface area contributed by atoms with Crippen molar-refractivity contribution in [1.29, 1.82) is 0 Å². The van der Waals surface area contributed by atoms with Crippen molar-refractivity contribution < 1.29 is 58.0 Å². The first-order valence-corrected chi connectivity index (χ1v) is 19.3. The molecule has 9 N–H and O–H groups in total. The molecule has 318 valence electrons. The quantitative estimate of drug-likeness (QED) is 0.0527. The Kier molecular flexibility index (Phi) is 10.4. The number of nitrogens with zero attached hydrogens (tertiary/aromatic N) is 2. The first kappa shape index (κ1) is 40.9. The summed E-state index contributed by atoms with van der Waals surface area (Å²) in [4.78, 5) is 16.0. The molecule has 2 aliphatic heterocycles. The first-order chi connectivity index (χ1) is 30.3. The van der Waals surface area contributed by atoms with Gasteiger partial charge in [0, 0.05) is 44.3 Å². The number of nitrogens with one attached hydrogen (secondary N) is 2. The van der Waals surface area contributed by atoms with Crippen LogP contribution in [0.15, 0.2) is 97.1 Å². The summed E-state index contributed by atoms with van der Waals surface area (Å²) >= 11 is 0. The summed E-state index contributed by atoms with van der Waals surface area (Å²) in [6, 6.07) is 24.6. The third-order valence-corrected chi connectivity index (χ3v) is 10.7. The molecule has 0 radical (unpaired) electrons. The number of phenolic OH excluding ortho intramolecular Hbond substituents is 3. The summed E-state index contributed by atoms with van der Waals surface area (Å²) < 4.78 is 69.8. The zero-order valence-corrected chi connectivity index (χ0v) is 32.5. The van der Waals surface area contributed by atoms with Gasteiger partial charge in [0.25, 0.3) is 0 Å². The molecule has 16 heteroatoms. The molecule has 8 bridgehead atoms. The van der Waals surface area contributed by atoms with Gasteiger partial charge in [0.05, 0.1) is 34.9 Å². The maximum absolute atomic E-state index is 16.5. The second kappa shape index (κ2) is 16.1. The van der Waals surface area contributed by atoms with E-state index in [4.69, 9.17) is 9.72 Å². The highest BCUT2D eigenvalue weighted by atomic mass is 19.2. The number of benzene rings is 4. The number of hydrogen-bond acceptors (Lipinski definition) is 10. The molecular formula is C47H34F4N4O8. The predicted molar refractivity (Wildman–Crippen MR) is 225 cm³/mol. The first-order valence-electron chi connectivity index (χ1n) is 19.3. The topological polar surface area (TPSA) is 208 Å². The smallest absolute Gasteiger partial charge is 0.204 e. The number of aliphatic hydroxyl groups is 4. The standard InChI is InChI=1S/C47H34F4N4O8/c48-39-38(40(49)42(51)47(41(39)50)63-20-27(60)19-56)37-33-15-13-31(54-33)35(22-5-2-8-25(58)17-22)29-11-10-28(52-29)34(21-4-1-7-24(57)16-21)30-12-14-32(53-30)36(23-6-3-9-26(59)18-23)43-45(61)46(62)44(37)55-43/h1-18,27,45-46,53-54,56-62H,19-20H2/t27?,45-,46+/m0/s1. The van der Waals surface area contributed by atoms with Gasteiger partial charge in [-0.25, -0.2) is 13.8 Å². The average molecular weight is 859 g/mol. The number of aromatic hydroxyl groups is 3. The Morgan fingerprint density at radius 2 is 0.952 bits per heavy atom. The van der Waals surface area contributed by atoms with E-state index in [2.05, 4.69) is 15.0 Å². The third kappa shape index (κ3) is 7.19. The molecule has 2 aliphatic rings. The SMILES string of the molecule is OCC(O)COc1c(F)c(F)c(-c2c3nc(c(-c4cccc(O)c4)c4ccc([nH]4)c(-c4cccc(O)c4)c4nc(c(-c5cccc(O)c5)c5ccc2[nH]5)C=C4)[C@H](O)[C@@H]3O)c(F)c1F. The van der Waals surface area contributed by atoms with Crippen LogP contribution in [0.4, 0.5) is 17.6 Å². The fourth-order valence-corrected chi connectivity index (χ4v) is 7.88. The van der Waals surface area contributed by atoms with Crippen molar-refractivity contribution in [2.45, 2.75) is 18.3 Å². The van der Waals surface area contributed by atoms with Crippen LogP contribution in [0, 0.1) is 23.3 Å². The predicted octanol–water partition coefficient (Wildman–Crippen LogP) is 8.33. The minimum atomic E-state index is -2.09. The number of ether oxygens (including phenoxy) is 1. The lowest BCUT2D eigenvalue weighted by Crippen LogP contribution is -2.22. The molecule has 0 spiro atoms. The molecule has 7 aromatic rings. The molecule has 0 saturated heterocycles. The van der Waals surface area contributed by atoms with E-state index in [0.717, 1.165) is 0 Å². The van der Waals surface area contributed by atoms with Crippen LogP contribution in [-0.2, 0) is 0 Å². The van der Waals surface area contributed by atoms with Crippen molar-refractivity contribution in [3.63, 3.8) is 0 Å². The zero-order valence-electron chi connectivity index (χ0n) is 32.5.